The highest BCUT2D eigenvalue weighted by Gasteiger charge is 2.34. The molecule has 1 aromatic heterocycles. The maximum atomic E-state index is 13.4. The second-order valence-corrected chi connectivity index (χ2v) is 5.17. The van der Waals surface area contributed by atoms with Gasteiger partial charge in [-0.15, -0.1) is 6.42 Å². The van der Waals surface area contributed by atoms with Crippen LogP contribution >= 0.6 is 12.2 Å². The van der Waals surface area contributed by atoms with E-state index in [0.29, 0.717) is 0 Å². The van der Waals surface area contributed by atoms with Gasteiger partial charge in [-0.25, -0.2) is 4.39 Å². The fourth-order valence-electron chi connectivity index (χ4n) is 2.16. The van der Waals surface area contributed by atoms with Gasteiger partial charge in [-0.1, -0.05) is 6.07 Å². The van der Waals surface area contributed by atoms with E-state index in [0.717, 1.165) is 11.0 Å². The average Bonchev–Trinajstić information content (AvgIpc) is 2.99. The zero-order valence-electron chi connectivity index (χ0n) is 12.1. The van der Waals surface area contributed by atoms with Crippen LogP contribution in [0.25, 0.3) is 6.08 Å². The quantitative estimate of drug-likeness (QED) is 0.394. The minimum atomic E-state index is -0.687. The summed E-state index contributed by atoms with van der Waals surface area (Å²) in [4.78, 5) is 25.8. The monoisotopic (exact) mass is 340 g/mol. The second kappa shape index (κ2) is 6.10. The molecular formula is C17H9FN2O3S. The molecule has 7 heteroatoms. The van der Waals surface area contributed by atoms with Gasteiger partial charge in [0.1, 0.15) is 17.2 Å². The number of nitrogens with zero attached hydrogens (tertiary/aromatic N) is 1. The van der Waals surface area contributed by atoms with Gasteiger partial charge in [0, 0.05) is 0 Å². The number of furan rings is 1. The van der Waals surface area contributed by atoms with Gasteiger partial charge in [-0.3, -0.25) is 19.8 Å². The highest BCUT2D eigenvalue weighted by molar-refractivity contribution is 7.80. The zero-order valence-corrected chi connectivity index (χ0v) is 12.9. The van der Waals surface area contributed by atoms with E-state index in [2.05, 4.69) is 11.2 Å². The van der Waals surface area contributed by atoms with Crippen LogP contribution in [0.4, 0.5) is 10.1 Å². The minimum absolute atomic E-state index is 0.128. The number of amides is 2. The first-order valence-electron chi connectivity index (χ1n) is 6.73. The van der Waals surface area contributed by atoms with Gasteiger partial charge >= 0.3 is 0 Å². The van der Waals surface area contributed by atoms with Crippen molar-refractivity contribution in [1.82, 2.24) is 5.32 Å². The predicted molar refractivity (Wildman–Crippen MR) is 89.2 cm³/mol. The van der Waals surface area contributed by atoms with Crippen LogP contribution in [0.15, 0.2) is 46.4 Å². The third-order valence-electron chi connectivity index (χ3n) is 3.22. The van der Waals surface area contributed by atoms with Gasteiger partial charge in [-0.05, 0) is 54.5 Å². The molecule has 5 nitrogen and oxygen atoms in total. The fourth-order valence-corrected chi connectivity index (χ4v) is 2.44. The molecule has 0 spiro atoms. The largest absolute Gasteiger partial charge is 0.448 e. The number of halogens is 1. The smallest absolute Gasteiger partial charge is 0.270 e. The summed E-state index contributed by atoms with van der Waals surface area (Å²) in [5.74, 6) is 0.922. The fraction of sp³-hybridized carbons (Fsp3) is 0. The van der Waals surface area contributed by atoms with Gasteiger partial charge < -0.3 is 4.42 Å². The molecule has 118 valence electrons. The van der Waals surface area contributed by atoms with Crippen molar-refractivity contribution in [2.45, 2.75) is 0 Å². The molecule has 3 rings (SSSR count). The van der Waals surface area contributed by atoms with Crippen LogP contribution in [0, 0.1) is 18.2 Å². The summed E-state index contributed by atoms with van der Waals surface area (Å²) in [7, 11) is 0. The Bertz CT molecular complexity index is 939. The van der Waals surface area contributed by atoms with Crippen molar-refractivity contribution in [3.05, 3.63) is 59.3 Å². The first kappa shape index (κ1) is 15.6. The van der Waals surface area contributed by atoms with Crippen molar-refractivity contribution in [3.63, 3.8) is 0 Å². The SMILES string of the molecule is C#Cc1ccc(C=C2C(=O)NC(=S)N(c3cccc(F)c3)C2=O)o1. The molecule has 0 unspecified atom stereocenters. The number of anilines is 1. The van der Waals surface area contributed by atoms with Crippen LogP contribution in [0.3, 0.4) is 0 Å². The third kappa shape index (κ3) is 2.83. The molecule has 1 aliphatic rings. The summed E-state index contributed by atoms with van der Waals surface area (Å²) < 4.78 is 18.7. The highest BCUT2D eigenvalue weighted by Crippen LogP contribution is 2.23. The molecular weight excluding hydrogens is 331 g/mol. The summed E-state index contributed by atoms with van der Waals surface area (Å²) >= 11 is 5.02. The number of thiocarbonyl (C=S) groups is 1. The highest BCUT2D eigenvalue weighted by atomic mass is 32.1. The molecule has 1 aliphatic heterocycles. The molecule has 0 bridgehead atoms. The Hall–Kier alpha value is -3.24. The molecule has 24 heavy (non-hydrogen) atoms. The standard InChI is InChI=1S/C17H9FN2O3S/c1-2-12-6-7-13(23-12)9-14-15(21)19-17(24)20(16(14)22)11-5-3-4-10(18)8-11/h1,3-9H,(H,19,21,24). The topological polar surface area (TPSA) is 62.6 Å². The van der Waals surface area contributed by atoms with E-state index >= 15 is 0 Å². The Morgan fingerprint density at radius 3 is 2.75 bits per heavy atom. The van der Waals surface area contributed by atoms with Crippen molar-refractivity contribution < 1.29 is 18.4 Å². The first-order valence-corrected chi connectivity index (χ1v) is 7.14. The molecule has 0 atom stereocenters. The Morgan fingerprint density at radius 2 is 2.08 bits per heavy atom. The van der Waals surface area contributed by atoms with Crippen LogP contribution in [-0.4, -0.2) is 16.9 Å². The molecule has 0 aliphatic carbocycles. The molecule has 0 radical (unpaired) electrons. The molecule has 1 fully saturated rings. The Labute approximate surface area is 141 Å². The number of benzene rings is 1. The van der Waals surface area contributed by atoms with E-state index in [1.54, 1.807) is 0 Å². The number of carbonyl (C=O) groups is 2. The molecule has 1 aromatic carbocycles. The van der Waals surface area contributed by atoms with Crippen molar-refractivity contribution >= 4 is 40.9 Å². The predicted octanol–water partition coefficient (Wildman–Crippen LogP) is 2.23. The van der Waals surface area contributed by atoms with Gasteiger partial charge in [0.2, 0.25) is 0 Å². The number of hydrogen-bond acceptors (Lipinski definition) is 4. The summed E-state index contributed by atoms with van der Waals surface area (Å²) in [5.41, 5.74) is 0.00504. The number of rotatable bonds is 2. The van der Waals surface area contributed by atoms with E-state index in [4.69, 9.17) is 23.1 Å². The summed E-state index contributed by atoms with van der Waals surface area (Å²) in [6.07, 6.45) is 6.47. The van der Waals surface area contributed by atoms with Gasteiger partial charge in [0.15, 0.2) is 10.9 Å². The van der Waals surface area contributed by atoms with Crippen LogP contribution in [0.1, 0.15) is 11.5 Å². The summed E-state index contributed by atoms with van der Waals surface area (Å²) in [6.45, 7) is 0. The van der Waals surface area contributed by atoms with Crippen LogP contribution in [0.2, 0.25) is 0 Å². The number of carbonyl (C=O) groups excluding carboxylic acids is 2. The van der Waals surface area contributed by atoms with E-state index in [9.17, 15) is 14.0 Å². The van der Waals surface area contributed by atoms with Crippen molar-refractivity contribution in [1.29, 1.82) is 0 Å². The lowest BCUT2D eigenvalue weighted by atomic mass is 10.1. The van der Waals surface area contributed by atoms with Crippen molar-refractivity contribution in [2.24, 2.45) is 0 Å². The van der Waals surface area contributed by atoms with Gasteiger partial charge in [0.25, 0.3) is 11.8 Å². The Balaban J connectivity index is 2.01. The van der Waals surface area contributed by atoms with Gasteiger partial charge in [-0.2, -0.15) is 0 Å². The first-order chi connectivity index (χ1) is 11.5. The molecule has 1 saturated heterocycles. The van der Waals surface area contributed by atoms with E-state index in [1.165, 1.54) is 36.4 Å². The Morgan fingerprint density at radius 1 is 1.29 bits per heavy atom. The van der Waals surface area contributed by atoms with Crippen molar-refractivity contribution in [2.75, 3.05) is 4.90 Å². The second-order valence-electron chi connectivity index (χ2n) is 4.78. The maximum Gasteiger partial charge on any atom is 0.270 e. The average molecular weight is 340 g/mol. The number of hydrogen-bond donors (Lipinski definition) is 1. The lowest BCUT2D eigenvalue weighted by Crippen LogP contribution is -2.54. The molecule has 2 heterocycles. The third-order valence-corrected chi connectivity index (χ3v) is 3.51. The molecule has 2 amide bonds. The van der Waals surface area contributed by atoms with Crippen LogP contribution in [-0.2, 0) is 9.59 Å². The van der Waals surface area contributed by atoms with Gasteiger partial charge in [0.05, 0.1) is 5.69 Å². The minimum Gasteiger partial charge on any atom is -0.448 e. The Kier molecular flexibility index (Phi) is 3.98. The number of nitrogens with one attached hydrogen (secondary N) is 1. The lowest BCUT2D eigenvalue weighted by molar-refractivity contribution is -0.122. The van der Waals surface area contributed by atoms with Crippen molar-refractivity contribution in [3.8, 4) is 12.3 Å². The summed E-state index contributed by atoms with van der Waals surface area (Å²) in [6, 6.07) is 8.38. The van der Waals surface area contributed by atoms with E-state index in [-0.39, 0.29) is 27.9 Å². The molecule has 1 N–H and O–H groups in total. The van der Waals surface area contributed by atoms with E-state index in [1.807, 2.05) is 0 Å². The number of terminal acetylenes is 1. The summed E-state index contributed by atoms with van der Waals surface area (Å²) in [5, 5.41) is 2.27. The lowest BCUT2D eigenvalue weighted by Gasteiger charge is -2.28. The maximum absolute atomic E-state index is 13.4. The normalized spacial score (nSPS) is 16.2. The zero-order chi connectivity index (χ0) is 17.3. The molecule has 2 aromatic rings. The van der Waals surface area contributed by atoms with Crippen LogP contribution in [0.5, 0.6) is 0 Å². The molecule has 0 saturated carbocycles. The van der Waals surface area contributed by atoms with E-state index < -0.39 is 17.6 Å². The van der Waals surface area contributed by atoms with Crippen LogP contribution < -0.4 is 10.2 Å².